The van der Waals surface area contributed by atoms with Gasteiger partial charge in [-0.05, 0) is 29.8 Å². The van der Waals surface area contributed by atoms with Gasteiger partial charge >= 0.3 is 5.97 Å². The molecule has 0 spiro atoms. The summed E-state index contributed by atoms with van der Waals surface area (Å²) in [5, 5.41) is 9.17. The third kappa shape index (κ3) is 2.37. The van der Waals surface area contributed by atoms with Gasteiger partial charge in [-0.15, -0.1) is 0 Å². The van der Waals surface area contributed by atoms with Crippen molar-refractivity contribution >= 4 is 23.4 Å². The molecule has 1 heterocycles. The van der Waals surface area contributed by atoms with Crippen molar-refractivity contribution in [2.75, 3.05) is 5.73 Å². The van der Waals surface area contributed by atoms with E-state index in [4.69, 9.17) is 22.4 Å². The minimum atomic E-state index is -1.06. The second kappa shape index (κ2) is 4.43. The lowest BCUT2D eigenvalue weighted by molar-refractivity contribution is 0.0697. The van der Waals surface area contributed by atoms with E-state index in [1.54, 1.807) is 30.5 Å². The number of nitrogen functional groups attached to an aromatic ring is 1. The lowest BCUT2D eigenvalue weighted by atomic mass is 10.0. The summed E-state index contributed by atoms with van der Waals surface area (Å²) in [6.45, 7) is 0. The Kier molecular flexibility index (Phi) is 2.97. The summed E-state index contributed by atoms with van der Waals surface area (Å²) >= 11 is 5.79. The summed E-state index contributed by atoms with van der Waals surface area (Å²) in [7, 11) is 0. The molecule has 0 radical (unpaired) electrons. The number of nitrogens with two attached hydrogens (primary N) is 1. The normalized spacial score (nSPS) is 10.2. The van der Waals surface area contributed by atoms with E-state index in [0.717, 1.165) is 11.1 Å². The van der Waals surface area contributed by atoms with Crippen LogP contribution in [0.4, 0.5) is 5.82 Å². The van der Waals surface area contributed by atoms with Crippen molar-refractivity contribution in [3.8, 4) is 11.1 Å². The summed E-state index contributed by atoms with van der Waals surface area (Å²) in [6.07, 6.45) is 1.59. The van der Waals surface area contributed by atoms with Crippen LogP contribution in [0.3, 0.4) is 0 Å². The number of anilines is 1. The number of carboxylic acids is 1. The van der Waals surface area contributed by atoms with Crippen molar-refractivity contribution in [3.05, 3.63) is 47.1 Å². The van der Waals surface area contributed by atoms with Gasteiger partial charge in [0.25, 0.3) is 0 Å². The van der Waals surface area contributed by atoms with Crippen LogP contribution < -0.4 is 5.73 Å². The molecule has 1 aromatic carbocycles. The van der Waals surface area contributed by atoms with E-state index in [0.29, 0.717) is 5.82 Å². The molecule has 0 unspecified atom stereocenters. The van der Waals surface area contributed by atoms with E-state index >= 15 is 0 Å². The smallest absolute Gasteiger partial charge is 0.337 e. The molecule has 0 amide bonds. The molecule has 3 N–H and O–H groups in total. The first-order valence-corrected chi connectivity index (χ1v) is 5.20. The fourth-order valence-corrected chi connectivity index (χ4v) is 1.64. The zero-order chi connectivity index (χ0) is 12.4. The van der Waals surface area contributed by atoms with Gasteiger partial charge in [-0.1, -0.05) is 17.7 Å². The van der Waals surface area contributed by atoms with Crippen LogP contribution in [0.1, 0.15) is 10.4 Å². The largest absolute Gasteiger partial charge is 0.478 e. The first-order chi connectivity index (χ1) is 8.08. The number of nitrogens with zero attached hydrogens (tertiary/aromatic N) is 1. The van der Waals surface area contributed by atoms with Crippen LogP contribution in [0.5, 0.6) is 0 Å². The fraction of sp³-hybridized carbons (Fsp3) is 0. The average molecular weight is 249 g/mol. The number of aromatic carboxylic acids is 1. The predicted molar refractivity (Wildman–Crippen MR) is 66.1 cm³/mol. The molecule has 86 valence electrons. The van der Waals surface area contributed by atoms with Gasteiger partial charge in [-0.25, -0.2) is 9.78 Å². The van der Waals surface area contributed by atoms with Gasteiger partial charge in [0.15, 0.2) is 0 Å². The number of carbonyl (C=O) groups is 1. The number of aromatic nitrogens is 1. The van der Waals surface area contributed by atoms with E-state index < -0.39 is 5.97 Å². The highest BCUT2D eigenvalue weighted by Crippen LogP contribution is 2.25. The molecule has 2 aromatic rings. The molecule has 17 heavy (non-hydrogen) atoms. The van der Waals surface area contributed by atoms with E-state index in [-0.39, 0.29) is 10.6 Å². The van der Waals surface area contributed by atoms with Gasteiger partial charge in [0.05, 0.1) is 10.6 Å². The van der Waals surface area contributed by atoms with Crippen molar-refractivity contribution in [2.24, 2.45) is 0 Å². The van der Waals surface area contributed by atoms with Crippen LogP contribution in [0.25, 0.3) is 11.1 Å². The van der Waals surface area contributed by atoms with Crippen LogP contribution >= 0.6 is 11.6 Å². The number of hydrogen-bond acceptors (Lipinski definition) is 3. The Hall–Kier alpha value is -2.07. The highest BCUT2D eigenvalue weighted by molar-refractivity contribution is 6.33. The number of rotatable bonds is 2. The van der Waals surface area contributed by atoms with Crippen LogP contribution in [0.15, 0.2) is 36.5 Å². The zero-order valence-electron chi connectivity index (χ0n) is 8.72. The molecular weight excluding hydrogens is 240 g/mol. The third-order valence-corrected chi connectivity index (χ3v) is 2.65. The van der Waals surface area contributed by atoms with Crippen molar-refractivity contribution in [1.82, 2.24) is 4.98 Å². The van der Waals surface area contributed by atoms with Crippen molar-refractivity contribution in [3.63, 3.8) is 0 Å². The molecule has 0 aliphatic carbocycles. The van der Waals surface area contributed by atoms with Gasteiger partial charge in [-0.2, -0.15) is 0 Å². The Bertz CT molecular complexity index is 567. The Morgan fingerprint density at radius 3 is 2.53 bits per heavy atom. The van der Waals surface area contributed by atoms with Crippen molar-refractivity contribution < 1.29 is 9.90 Å². The average Bonchev–Trinajstić information content (AvgIpc) is 2.30. The number of benzene rings is 1. The maximum Gasteiger partial charge on any atom is 0.337 e. The second-order valence-corrected chi connectivity index (χ2v) is 3.88. The molecule has 0 bridgehead atoms. The molecule has 0 aliphatic heterocycles. The van der Waals surface area contributed by atoms with Gasteiger partial charge in [0, 0.05) is 11.8 Å². The molecule has 0 saturated heterocycles. The highest BCUT2D eigenvalue weighted by atomic mass is 35.5. The van der Waals surface area contributed by atoms with Crippen LogP contribution in [0.2, 0.25) is 5.02 Å². The Morgan fingerprint density at radius 2 is 1.94 bits per heavy atom. The Morgan fingerprint density at radius 1 is 1.24 bits per heavy atom. The zero-order valence-corrected chi connectivity index (χ0v) is 9.48. The quantitative estimate of drug-likeness (QED) is 0.857. The molecule has 0 fully saturated rings. The van der Waals surface area contributed by atoms with E-state index in [2.05, 4.69) is 4.98 Å². The van der Waals surface area contributed by atoms with E-state index in [1.165, 1.54) is 6.07 Å². The maximum absolute atomic E-state index is 10.9. The SMILES string of the molecule is Nc1ccc(-c2ccc(Cl)c(C(=O)O)c2)cn1. The Labute approximate surface area is 103 Å². The summed E-state index contributed by atoms with van der Waals surface area (Å²) in [5.41, 5.74) is 7.08. The molecule has 4 nitrogen and oxygen atoms in total. The lowest BCUT2D eigenvalue weighted by Crippen LogP contribution is -1.98. The second-order valence-electron chi connectivity index (χ2n) is 3.47. The predicted octanol–water partition coefficient (Wildman–Crippen LogP) is 2.68. The Balaban J connectivity index is 2.50. The first-order valence-electron chi connectivity index (χ1n) is 4.82. The van der Waals surface area contributed by atoms with Gasteiger partial charge in [0.2, 0.25) is 0 Å². The topological polar surface area (TPSA) is 76.2 Å². The van der Waals surface area contributed by atoms with Gasteiger partial charge in [0.1, 0.15) is 5.82 Å². The first kappa shape index (κ1) is 11.4. The molecule has 1 aromatic heterocycles. The minimum Gasteiger partial charge on any atom is -0.478 e. The summed E-state index contributed by atoms with van der Waals surface area (Å²) in [6, 6.07) is 8.23. The third-order valence-electron chi connectivity index (χ3n) is 2.32. The fourth-order valence-electron chi connectivity index (χ4n) is 1.44. The van der Waals surface area contributed by atoms with E-state index in [9.17, 15) is 4.79 Å². The summed E-state index contributed by atoms with van der Waals surface area (Å²) in [4.78, 5) is 14.9. The molecule has 2 rings (SSSR count). The monoisotopic (exact) mass is 248 g/mol. The number of carboxylic acid groups (broad SMARTS) is 1. The van der Waals surface area contributed by atoms with E-state index in [1.807, 2.05) is 0 Å². The van der Waals surface area contributed by atoms with Gasteiger partial charge in [-0.3, -0.25) is 0 Å². The van der Waals surface area contributed by atoms with Gasteiger partial charge < -0.3 is 10.8 Å². The summed E-state index contributed by atoms with van der Waals surface area (Å²) in [5.74, 6) is -0.638. The molecule has 0 atom stereocenters. The molecule has 0 aliphatic rings. The number of pyridine rings is 1. The maximum atomic E-state index is 10.9. The summed E-state index contributed by atoms with van der Waals surface area (Å²) < 4.78 is 0. The van der Waals surface area contributed by atoms with Crippen molar-refractivity contribution in [1.29, 1.82) is 0 Å². The molecule has 0 saturated carbocycles. The highest BCUT2D eigenvalue weighted by Gasteiger charge is 2.10. The van der Waals surface area contributed by atoms with Crippen LogP contribution in [-0.4, -0.2) is 16.1 Å². The minimum absolute atomic E-state index is 0.0704. The molecule has 5 heteroatoms. The van der Waals surface area contributed by atoms with Crippen LogP contribution in [-0.2, 0) is 0 Å². The van der Waals surface area contributed by atoms with Crippen LogP contribution in [0, 0.1) is 0 Å². The molecular formula is C12H9ClN2O2. The lowest BCUT2D eigenvalue weighted by Gasteiger charge is -2.04. The standard InChI is InChI=1S/C12H9ClN2O2/c13-10-3-1-7(5-9(10)12(16)17)8-2-4-11(14)15-6-8/h1-6H,(H2,14,15)(H,16,17). The van der Waals surface area contributed by atoms with Crippen molar-refractivity contribution in [2.45, 2.75) is 0 Å². The number of hydrogen-bond donors (Lipinski definition) is 2. The number of halogens is 1.